The number of Topliss-reactive ketones (excluding diaryl/α,β-unsaturated/α-hetero) is 1. The normalized spacial score (nSPS) is 11.2. The molecule has 0 aliphatic heterocycles. The molecule has 1 aromatic carbocycles. The highest BCUT2D eigenvalue weighted by Gasteiger charge is 2.11. The molecule has 0 atom stereocenters. The Balaban J connectivity index is 2.53. The average Bonchev–Trinajstić information content (AvgIpc) is 2.72. The highest BCUT2D eigenvalue weighted by atomic mass is 79.9. The third-order valence-electron chi connectivity index (χ3n) is 2.83. The molecule has 3 nitrogen and oxygen atoms in total. The maximum absolute atomic E-state index is 11.5. The van der Waals surface area contributed by atoms with E-state index in [9.17, 15) is 4.79 Å². The fourth-order valence-corrected chi connectivity index (χ4v) is 2.59. The number of nitrogens with zero attached hydrogens (tertiary/aromatic N) is 2. The monoisotopic (exact) mass is 288 g/mol. The van der Waals surface area contributed by atoms with E-state index >= 15 is 0 Å². The third kappa shape index (κ3) is 1.48. The number of pyridine rings is 1. The van der Waals surface area contributed by atoms with E-state index in [1.54, 1.807) is 13.1 Å². The van der Waals surface area contributed by atoms with Gasteiger partial charge in [0.1, 0.15) is 11.3 Å². The summed E-state index contributed by atoms with van der Waals surface area (Å²) >= 11 is 3.53. The molecule has 0 fully saturated rings. The number of carbonyl (C=O) groups is 1. The van der Waals surface area contributed by atoms with Crippen LogP contribution in [0.5, 0.6) is 0 Å². The number of hydrogen-bond donors (Lipinski definition) is 0. The molecule has 17 heavy (non-hydrogen) atoms. The van der Waals surface area contributed by atoms with Gasteiger partial charge in [-0.2, -0.15) is 0 Å². The number of hydrogen-bond acceptors (Lipinski definition) is 2. The zero-order chi connectivity index (χ0) is 12.0. The van der Waals surface area contributed by atoms with Crippen LogP contribution in [0, 0.1) is 0 Å². The van der Waals surface area contributed by atoms with Gasteiger partial charge in [-0.1, -0.05) is 28.1 Å². The van der Waals surface area contributed by atoms with Gasteiger partial charge in [0.15, 0.2) is 5.78 Å². The SMILES string of the molecule is CC(=O)c1cnc2c3c(Br)cccc3ccn12. The Hall–Kier alpha value is -1.68. The molecule has 2 heterocycles. The predicted octanol–water partition coefficient (Wildman–Crippen LogP) is 3.45. The van der Waals surface area contributed by atoms with Gasteiger partial charge in [-0.25, -0.2) is 4.98 Å². The second-order valence-corrected chi connectivity index (χ2v) is 4.77. The zero-order valence-electron chi connectivity index (χ0n) is 9.14. The van der Waals surface area contributed by atoms with Crippen molar-refractivity contribution in [1.82, 2.24) is 9.38 Å². The quantitative estimate of drug-likeness (QED) is 0.643. The summed E-state index contributed by atoms with van der Waals surface area (Å²) in [6.45, 7) is 1.55. The van der Waals surface area contributed by atoms with E-state index in [0.29, 0.717) is 5.69 Å². The molecule has 2 aromatic heterocycles. The summed E-state index contributed by atoms with van der Waals surface area (Å²) < 4.78 is 2.82. The van der Waals surface area contributed by atoms with Gasteiger partial charge >= 0.3 is 0 Å². The molecule has 0 saturated carbocycles. The number of carbonyl (C=O) groups excluding carboxylic acids is 1. The van der Waals surface area contributed by atoms with E-state index in [1.807, 2.05) is 34.9 Å². The summed E-state index contributed by atoms with van der Waals surface area (Å²) in [6, 6.07) is 7.98. The minimum absolute atomic E-state index is 0.0175. The summed E-state index contributed by atoms with van der Waals surface area (Å²) in [4.78, 5) is 15.8. The molecular formula is C13H9BrN2O. The van der Waals surface area contributed by atoms with Crippen molar-refractivity contribution in [1.29, 1.82) is 0 Å². The molecule has 0 amide bonds. The van der Waals surface area contributed by atoms with Crippen LogP contribution in [0.15, 0.2) is 41.1 Å². The van der Waals surface area contributed by atoms with Crippen LogP contribution in [-0.2, 0) is 0 Å². The summed E-state index contributed by atoms with van der Waals surface area (Å²) in [7, 11) is 0. The van der Waals surface area contributed by atoms with Crippen LogP contribution in [0.3, 0.4) is 0 Å². The molecule has 3 aromatic rings. The van der Waals surface area contributed by atoms with E-state index in [0.717, 1.165) is 20.9 Å². The van der Waals surface area contributed by atoms with Gasteiger partial charge in [0, 0.05) is 23.0 Å². The zero-order valence-corrected chi connectivity index (χ0v) is 10.7. The molecule has 84 valence electrons. The maximum Gasteiger partial charge on any atom is 0.178 e. The summed E-state index contributed by atoms with van der Waals surface area (Å²) in [5, 5.41) is 2.13. The Morgan fingerprint density at radius 3 is 2.94 bits per heavy atom. The van der Waals surface area contributed by atoms with Crippen molar-refractivity contribution in [3.8, 4) is 0 Å². The summed E-state index contributed by atoms with van der Waals surface area (Å²) in [5.41, 5.74) is 1.41. The van der Waals surface area contributed by atoms with Crippen molar-refractivity contribution in [2.75, 3.05) is 0 Å². The van der Waals surface area contributed by atoms with Crippen LogP contribution >= 0.6 is 15.9 Å². The van der Waals surface area contributed by atoms with Crippen molar-refractivity contribution in [3.05, 3.63) is 46.8 Å². The van der Waals surface area contributed by atoms with E-state index in [1.165, 1.54) is 0 Å². The first kappa shape index (κ1) is 10.5. The van der Waals surface area contributed by atoms with Crippen LogP contribution in [0.2, 0.25) is 0 Å². The first-order valence-corrected chi connectivity index (χ1v) is 6.03. The molecule has 0 aliphatic carbocycles. The number of fused-ring (bicyclic) bond motifs is 3. The lowest BCUT2D eigenvalue weighted by Gasteiger charge is -2.04. The van der Waals surface area contributed by atoms with Gasteiger partial charge in [0.2, 0.25) is 0 Å². The molecule has 0 radical (unpaired) electrons. The van der Waals surface area contributed by atoms with Gasteiger partial charge in [-0.15, -0.1) is 0 Å². The number of benzene rings is 1. The van der Waals surface area contributed by atoms with Crippen molar-refractivity contribution in [2.45, 2.75) is 6.92 Å². The smallest absolute Gasteiger partial charge is 0.178 e. The molecule has 4 heteroatoms. The lowest BCUT2D eigenvalue weighted by Crippen LogP contribution is -1.98. The second-order valence-electron chi connectivity index (χ2n) is 3.91. The Morgan fingerprint density at radius 1 is 1.35 bits per heavy atom. The Kier molecular flexibility index (Phi) is 2.26. The molecule has 3 rings (SSSR count). The molecule has 0 unspecified atom stereocenters. The lowest BCUT2D eigenvalue weighted by molar-refractivity contribution is 0.101. The highest BCUT2D eigenvalue weighted by molar-refractivity contribution is 9.10. The van der Waals surface area contributed by atoms with Gasteiger partial charge in [0.05, 0.1) is 6.20 Å². The molecule has 0 spiro atoms. The number of rotatable bonds is 1. The van der Waals surface area contributed by atoms with Crippen LogP contribution in [0.25, 0.3) is 16.4 Å². The van der Waals surface area contributed by atoms with Gasteiger partial charge in [0.25, 0.3) is 0 Å². The maximum atomic E-state index is 11.5. The van der Waals surface area contributed by atoms with Crippen LogP contribution in [0.1, 0.15) is 17.4 Å². The first-order chi connectivity index (χ1) is 8.18. The van der Waals surface area contributed by atoms with Crippen molar-refractivity contribution in [3.63, 3.8) is 0 Å². The lowest BCUT2D eigenvalue weighted by atomic mass is 10.2. The molecule has 0 N–H and O–H groups in total. The minimum Gasteiger partial charge on any atom is -0.296 e. The largest absolute Gasteiger partial charge is 0.296 e. The number of imidazole rings is 1. The first-order valence-electron chi connectivity index (χ1n) is 5.24. The second kappa shape index (κ2) is 3.67. The number of ketones is 1. The van der Waals surface area contributed by atoms with E-state index in [4.69, 9.17) is 0 Å². The Labute approximate surface area is 106 Å². The van der Waals surface area contributed by atoms with E-state index < -0.39 is 0 Å². The van der Waals surface area contributed by atoms with Gasteiger partial charge in [-0.3, -0.25) is 9.20 Å². The third-order valence-corrected chi connectivity index (χ3v) is 3.49. The van der Waals surface area contributed by atoms with Gasteiger partial charge < -0.3 is 0 Å². The Bertz CT molecular complexity index is 746. The average molecular weight is 289 g/mol. The van der Waals surface area contributed by atoms with Crippen LogP contribution < -0.4 is 0 Å². The topological polar surface area (TPSA) is 34.4 Å². The number of halogens is 1. The molecular weight excluding hydrogens is 280 g/mol. The van der Waals surface area contributed by atoms with Crippen LogP contribution in [0.4, 0.5) is 0 Å². The number of aromatic nitrogens is 2. The van der Waals surface area contributed by atoms with E-state index in [2.05, 4.69) is 20.9 Å². The minimum atomic E-state index is 0.0175. The molecule has 0 bridgehead atoms. The Morgan fingerprint density at radius 2 is 2.18 bits per heavy atom. The van der Waals surface area contributed by atoms with Crippen molar-refractivity contribution < 1.29 is 4.79 Å². The predicted molar refractivity (Wildman–Crippen MR) is 70.4 cm³/mol. The van der Waals surface area contributed by atoms with Crippen LogP contribution in [-0.4, -0.2) is 15.2 Å². The summed E-state index contributed by atoms with van der Waals surface area (Å²) in [6.07, 6.45) is 3.50. The fraction of sp³-hybridized carbons (Fsp3) is 0.0769. The fourth-order valence-electron chi connectivity index (χ4n) is 2.03. The van der Waals surface area contributed by atoms with Crippen molar-refractivity contribution >= 4 is 38.1 Å². The van der Waals surface area contributed by atoms with Gasteiger partial charge in [-0.05, 0) is 17.5 Å². The van der Waals surface area contributed by atoms with Crippen molar-refractivity contribution in [2.24, 2.45) is 0 Å². The standard InChI is InChI=1S/C13H9BrN2O/c1-8(17)11-7-15-13-12-9(5-6-16(11)13)3-2-4-10(12)14/h2-7H,1H3. The highest BCUT2D eigenvalue weighted by Crippen LogP contribution is 2.27. The molecule has 0 aliphatic rings. The summed E-state index contributed by atoms with van der Waals surface area (Å²) in [5.74, 6) is 0.0175. The van der Waals surface area contributed by atoms with E-state index in [-0.39, 0.29) is 5.78 Å². The molecule has 0 saturated heterocycles.